The molecule has 35 heavy (non-hydrogen) atoms. The number of imidazole rings is 1. The van der Waals surface area contributed by atoms with Crippen molar-refractivity contribution in [2.75, 3.05) is 18.1 Å². The topological polar surface area (TPSA) is 59.4 Å². The maximum absolute atomic E-state index is 12.5. The summed E-state index contributed by atoms with van der Waals surface area (Å²) >= 11 is 0. The molecule has 2 saturated heterocycles. The lowest BCUT2D eigenvalue weighted by Gasteiger charge is -2.50. The molecule has 1 aliphatic carbocycles. The van der Waals surface area contributed by atoms with Crippen LogP contribution in [-0.4, -0.2) is 40.8 Å². The fourth-order valence-corrected chi connectivity index (χ4v) is 6.31. The van der Waals surface area contributed by atoms with Gasteiger partial charge in [-0.15, -0.1) is 0 Å². The van der Waals surface area contributed by atoms with Crippen LogP contribution in [0.15, 0.2) is 48.5 Å². The van der Waals surface area contributed by atoms with Gasteiger partial charge in [-0.3, -0.25) is 4.79 Å². The van der Waals surface area contributed by atoms with Gasteiger partial charge in [0.1, 0.15) is 5.82 Å². The molecule has 3 aliphatic rings. The second-order valence-electron chi connectivity index (χ2n) is 10.7. The molecule has 6 heteroatoms. The third kappa shape index (κ3) is 4.44. The summed E-state index contributed by atoms with van der Waals surface area (Å²) in [6.45, 7) is 5.78. The first kappa shape index (κ1) is 22.6. The number of morpholine rings is 1. The number of hydrogen-bond donors (Lipinski definition) is 1. The van der Waals surface area contributed by atoms with E-state index in [9.17, 15) is 4.79 Å². The Bertz CT molecular complexity index is 1200. The first-order chi connectivity index (χ1) is 17.1. The number of nitrogens with zero attached hydrogens (tertiary/aromatic N) is 3. The fourth-order valence-electron chi connectivity index (χ4n) is 6.31. The Balaban J connectivity index is 1.24. The van der Waals surface area contributed by atoms with Crippen molar-refractivity contribution in [2.45, 2.75) is 76.5 Å². The summed E-state index contributed by atoms with van der Waals surface area (Å²) in [6, 6.07) is 18.5. The number of ether oxygens (including phenoxy) is 1. The largest absolute Gasteiger partial charge is 0.377 e. The Kier molecular flexibility index (Phi) is 6.01. The number of hydrogen-bond acceptors (Lipinski definition) is 4. The minimum atomic E-state index is 0.0646. The number of nitrogens with one attached hydrogen (secondary N) is 1. The van der Waals surface area contributed by atoms with Gasteiger partial charge in [0.2, 0.25) is 5.91 Å². The van der Waals surface area contributed by atoms with Gasteiger partial charge in [-0.05, 0) is 74.8 Å². The summed E-state index contributed by atoms with van der Waals surface area (Å²) in [5.74, 6) is 1.90. The second-order valence-corrected chi connectivity index (χ2v) is 10.7. The number of benzene rings is 2. The molecule has 3 fully saturated rings. The number of para-hydroxylation sites is 2. The molecule has 3 aromatic rings. The summed E-state index contributed by atoms with van der Waals surface area (Å²) in [7, 11) is 0. The number of rotatable bonds is 7. The smallest absolute Gasteiger partial charge is 0.220 e. The maximum atomic E-state index is 12.5. The Labute approximate surface area is 207 Å². The van der Waals surface area contributed by atoms with Crippen molar-refractivity contribution in [3.8, 4) is 0 Å². The number of amides is 1. The Morgan fingerprint density at radius 3 is 2.60 bits per heavy atom. The summed E-state index contributed by atoms with van der Waals surface area (Å²) in [4.78, 5) is 19.9. The molecule has 1 amide bonds. The number of carbonyl (C=O) groups excluding carboxylic acids is 1. The molecular weight excluding hydrogens is 436 g/mol. The van der Waals surface area contributed by atoms with Gasteiger partial charge in [-0.1, -0.05) is 31.2 Å². The molecule has 6 rings (SSSR count). The summed E-state index contributed by atoms with van der Waals surface area (Å²) in [6.07, 6.45) is 6.05. The van der Waals surface area contributed by atoms with Crippen molar-refractivity contribution >= 4 is 22.6 Å². The lowest BCUT2D eigenvalue weighted by atomic mass is 9.88. The monoisotopic (exact) mass is 472 g/mol. The number of fused-ring (bicyclic) bond motifs is 3. The predicted octanol–water partition coefficient (Wildman–Crippen LogP) is 5.32. The van der Waals surface area contributed by atoms with Crippen molar-refractivity contribution in [2.24, 2.45) is 5.92 Å². The van der Waals surface area contributed by atoms with Gasteiger partial charge in [0.15, 0.2) is 0 Å². The van der Waals surface area contributed by atoms with E-state index in [0.29, 0.717) is 30.5 Å². The average molecular weight is 473 g/mol. The molecule has 4 atom stereocenters. The van der Waals surface area contributed by atoms with E-state index in [1.165, 1.54) is 29.6 Å². The van der Waals surface area contributed by atoms with Crippen molar-refractivity contribution in [1.82, 2.24) is 14.9 Å². The molecule has 2 aromatic carbocycles. The minimum Gasteiger partial charge on any atom is -0.377 e. The first-order valence-corrected chi connectivity index (χ1v) is 13.3. The van der Waals surface area contributed by atoms with Crippen molar-refractivity contribution in [3.63, 3.8) is 0 Å². The molecule has 0 spiro atoms. The van der Waals surface area contributed by atoms with Crippen LogP contribution in [0.25, 0.3) is 11.0 Å². The van der Waals surface area contributed by atoms with Crippen LogP contribution >= 0.6 is 0 Å². The van der Waals surface area contributed by atoms with E-state index in [-0.39, 0.29) is 11.9 Å². The highest BCUT2D eigenvalue weighted by molar-refractivity contribution is 5.77. The molecule has 1 aromatic heterocycles. The van der Waals surface area contributed by atoms with Gasteiger partial charge >= 0.3 is 0 Å². The predicted molar refractivity (Wildman–Crippen MR) is 139 cm³/mol. The number of piperidine rings is 1. The summed E-state index contributed by atoms with van der Waals surface area (Å²) < 4.78 is 8.50. The Morgan fingerprint density at radius 1 is 1.09 bits per heavy atom. The quantitative estimate of drug-likeness (QED) is 0.506. The van der Waals surface area contributed by atoms with Crippen molar-refractivity contribution in [1.29, 1.82) is 0 Å². The van der Waals surface area contributed by atoms with Gasteiger partial charge in [0.05, 0.1) is 42.4 Å². The van der Waals surface area contributed by atoms with Crippen LogP contribution in [-0.2, 0) is 9.53 Å². The number of anilines is 1. The summed E-state index contributed by atoms with van der Waals surface area (Å²) in [5.41, 5.74) is 4.76. The zero-order chi connectivity index (χ0) is 23.9. The number of carbonyl (C=O) groups is 1. The van der Waals surface area contributed by atoms with E-state index in [4.69, 9.17) is 9.72 Å². The van der Waals surface area contributed by atoms with E-state index in [1.54, 1.807) is 0 Å². The Morgan fingerprint density at radius 2 is 1.86 bits per heavy atom. The zero-order valence-corrected chi connectivity index (χ0v) is 20.8. The molecule has 1 saturated carbocycles. The van der Waals surface area contributed by atoms with Crippen molar-refractivity contribution < 1.29 is 9.53 Å². The molecular formula is C29H36N4O2. The lowest BCUT2D eigenvalue weighted by molar-refractivity contribution is -0.122. The second kappa shape index (κ2) is 9.30. The highest BCUT2D eigenvalue weighted by atomic mass is 16.5. The third-order valence-corrected chi connectivity index (χ3v) is 8.12. The van der Waals surface area contributed by atoms with Crippen LogP contribution in [0.3, 0.4) is 0 Å². The van der Waals surface area contributed by atoms with E-state index < -0.39 is 0 Å². The van der Waals surface area contributed by atoms with Crippen LogP contribution < -0.4 is 10.2 Å². The van der Waals surface area contributed by atoms with Crippen LogP contribution in [0.4, 0.5) is 5.69 Å². The summed E-state index contributed by atoms with van der Waals surface area (Å²) in [5, 5.41) is 3.29. The SMILES string of the molecule is CC[C@H](NC(=O)CC1CC1)c1cccc(N2[C@@H]3COC[C@H]2C[C@H](n2c(C)nc4ccccc42)C3)c1. The van der Waals surface area contributed by atoms with Gasteiger partial charge in [-0.25, -0.2) is 4.98 Å². The molecule has 0 radical (unpaired) electrons. The number of aromatic nitrogens is 2. The van der Waals surface area contributed by atoms with E-state index in [0.717, 1.165) is 43.8 Å². The zero-order valence-electron chi connectivity index (χ0n) is 20.8. The van der Waals surface area contributed by atoms with Gasteiger partial charge in [-0.2, -0.15) is 0 Å². The average Bonchev–Trinajstić information content (AvgIpc) is 3.60. The van der Waals surface area contributed by atoms with Crippen LogP contribution in [0.5, 0.6) is 0 Å². The van der Waals surface area contributed by atoms with Crippen molar-refractivity contribution in [3.05, 3.63) is 59.9 Å². The molecule has 0 unspecified atom stereocenters. The van der Waals surface area contributed by atoms with Gasteiger partial charge < -0.3 is 19.5 Å². The van der Waals surface area contributed by atoms with E-state index in [2.05, 4.69) is 77.2 Å². The van der Waals surface area contributed by atoms with Crippen LogP contribution in [0.2, 0.25) is 0 Å². The highest BCUT2D eigenvalue weighted by Crippen LogP contribution is 2.40. The molecule has 6 nitrogen and oxygen atoms in total. The van der Waals surface area contributed by atoms with Crippen LogP contribution in [0, 0.1) is 12.8 Å². The van der Waals surface area contributed by atoms with Crippen LogP contribution in [0.1, 0.15) is 68.9 Å². The maximum Gasteiger partial charge on any atom is 0.220 e. The standard InChI is InChI=1S/C29H36N4O2/c1-3-26(31-29(34)13-20-11-12-20)21-7-6-8-22(14-21)33-24-15-23(16-25(33)18-35-17-24)32-19(2)30-27-9-4-5-10-28(27)32/h4-10,14,20,23-26H,3,11-13,15-18H2,1-2H3,(H,31,34)/t23-,24+,25-,26-/m0/s1. The normalized spacial score (nSPS) is 25.0. The molecule has 2 aliphatic heterocycles. The number of aryl methyl sites for hydroxylation is 1. The lowest BCUT2D eigenvalue weighted by Crippen LogP contribution is -2.57. The molecule has 1 N–H and O–H groups in total. The molecule has 3 heterocycles. The Hall–Kier alpha value is -2.86. The minimum absolute atomic E-state index is 0.0646. The molecule has 2 bridgehead atoms. The molecule has 184 valence electrons. The fraction of sp³-hybridized carbons (Fsp3) is 0.517. The van der Waals surface area contributed by atoms with Gasteiger partial charge in [0, 0.05) is 18.2 Å². The first-order valence-electron chi connectivity index (χ1n) is 13.3. The van der Waals surface area contributed by atoms with Gasteiger partial charge in [0.25, 0.3) is 0 Å². The van der Waals surface area contributed by atoms with E-state index in [1.807, 2.05) is 0 Å². The highest BCUT2D eigenvalue weighted by Gasteiger charge is 2.40. The third-order valence-electron chi connectivity index (χ3n) is 8.12. The van der Waals surface area contributed by atoms with E-state index >= 15 is 0 Å².